The van der Waals surface area contributed by atoms with Gasteiger partial charge in [-0.25, -0.2) is 0 Å². The van der Waals surface area contributed by atoms with Gasteiger partial charge in [-0.05, 0) is 182 Å². The third kappa shape index (κ3) is 8.09. The summed E-state index contributed by atoms with van der Waals surface area (Å²) < 4.78 is 0. The molecular weight excluding hydrogens is 809 g/mol. The quantitative estimate of drug-likeness (QED) is 0.150. The first-order chi connectivity index (χ1) is 31.7. The molecule has 9 rings (SSSR count). The molecule has 0 atom stereocenters. The summed E-state index contributed by atoms with van der Waals surface area (Å²) in [6, 6.07) is 60.9. The molecular formula is C65H68N2. The van der Waals surface area contributed by atoms with Gasteiger partial charge in [-0.3, -0.25) is 0 Å². The minimum Gasteiger partial charge on any atom is -0.310 e. The van der Waals surface area contributed by atoms with Crippen molar-refractivity contribution in [2.75, 3.05) is 9.80 Å². The summed E-state index contributed by atoms with van der Waals surface area (Å²) in [7, 11) is 0. The molecule has 0 radical (unpaired) electrons. The zero-order valence-electron chi connectivity index (χ0n) is 42.4. The van der Waals surface area contributed by atoms with Gasteiger partial charge in [0.25, 0.3) is 0 Å². The van der Waals surface area contributed by atoms with Crippen LogP contribution in [0.3, 0.4) is 0 Å². The predicted molar refractivity (Wildman–Crippen MR) is 288 cm³/mol. The monoisotopic (exact) mass is 877 g/mol. The molecule has 67 heavy (non-hydrogen) atoms. The Morgan fingerprint density at radius 3 is 0.866 bits per heavy atom. The Morgan fingerprint density at radius 1 is 0.313 bits per heavy atom. The lowest BCUT2D eigenvalue weighted by molar-refractivity contribution is 0.589. The molecule has 1 aliphatic carbocycles. The lowest BCUT2D eigenvalue weighted by atomic mass is 9.67. The normalized spacial score (nSPS) is 13.0. The largest absolute Gasteiger partial charge is 0.310 e. The van der Waals surface area contributed by atoms with Crippen molar-refractivity contribution in [1.29, 1.82) is 0 Å². The molecule has 1 aliphatic rings. The number of aryl methyl sites for hydroxylation is 8. The van der Waals surface area contributed by atoms with Crippen molar-refractivity contribution < 1.29 is 0 Å². The number of nitrogens with zero attached hydrogens (tertiary/aromatic N) is 2. The highest BCUT2D eigenvalue weighted by atomic mass is 15.2. The van der Waals surface area contributed by atoms with Crippen LogP contribution >= 0.6 is 0 Å². The standard InChI is InChI=1S/C65H68N2/c1-41-15-23-49(24-16-41)65(50-25-17-42(2)18-26-50)59-39-55(66(53-27-19-43(3)20-28-53)61-45(5)35-51(36-46(61)6)63(9,10)11)31-33-57(59)58-34-32-56(40-60(58)65)67(54-29-21-44(4)22-30-54)62-47(7)37-52(38-48(62)8)64(12,13)14/h15-40H,1-14H3. The van der Waals surface area contributed by atoms with Gasteiger partial charge in [-0.2, -0.15) is 0 Å². The molecule has 0 aliphatic heterocycles. The molecule has 0 unspecified atom stereocenters. The maximum Gasteiger partial charge on any atom is 0.0715 e. The van der Waals surface area contributed by atoms with Crippen LogP contribution in [0.5, 0.6) is 0 Å². The van der Waals surface area contributed by atoms with Gasteiger partial charge < -0.3 is 9.80 Å². The molecule has 0 fully saturated rings. The molecule has 0 bridgehead atoms. The average molecular weight is 877 g/mol. The number of fused-ring (bicyclic) bond motifs is 3. The summed E-state index contributed by atoms with van der Waals surface area (Å²) in [6.45, 7) is 31.7. The van der Waals surface area contributed by atoms with Crippen molar-refractivity contribution in [2.24, 2.45) is 0 Å². The Hall–Kier alpha value is -6.64. The van der Waals surface area contributed by atoms with Gasteiger partial charge in [-0.15, -0.1) is 0 Å². The maximum absolute atomic E-state index is 2.52. The number of rotatable bonds is 8. The van der Waals surface area contributed by atoms with E-state index in [1.165, 1.54) is 100 Å². The van der Waals surface area contributed by atoms with Crippen LogP contribution in [0.25, 0.3) is 11.1 Å². The van der Waals surface area contributed by atoms with Crippen molar-refractivity contribution >= 4 is 34.1 Å². The Balaban J connectivity index is 1.35. The summed E-state index contributed by atoms with van der Waals surface area (Å²) in [4.78, 5) is 5.01. The number of hydrogen-bond donors (Lipinski definition) is 0. The van der Waals surface area contributed by atoms with Gasteiger partial charge in [0.1, 0.15) is 0 Å². The van der Waals surface area contributed by atoms with Gasteiger partial charge in [0, 0.05) is 22.7 Å². The topological polar surface area (TPSA) is 6.48 Å². The van der Waals surface area contributed by atoms with Crippen molar-refractivity contribution in [3.63, 3.8) is 0 Å². The highest BCUT2D eigenvalue weighted by Gasteiger charge is 2.47. The summed E-state index contributed by atoms with van der Waals surface area (Å²) in [5.74, 6) is 0. The smallest absolute Gasteiger partial charge is 0.0715 e. The van der Waals surface area contributed by atoms with Gasteiger partial charge >= 0.3 is 0 Å². The Bertz CT molecular complexity index is 2870. The first-order valence-electron chi connectivity index (χ1n) is 24.2. The van der Waals surface area contributed by atoms with Crippen LogP contribution in [-0.4, -0.2) is 0 Å². The second kappa shape index (κ2) is 16.9. The molecule has 0 heterocycles. The number of anilines is 6. The minimum atomic E-state index is -0.643. The Labute approximate surface area is 402 Å². The molecule has 0 amide bonds. The van der Waals surface area contributed by atoms with Gasteiger partial charge in [-0.1, -0.05) is 173 Å². The van der Waals surface area contributed by atoms with Gasteiger partial charge in [0.05, 0.1) is 16.8 Å². The van der Waals surface area contributed by atoms with Crippen LogP contribution < -0.4 is 9.80 Å². The molecule has 0 aromatic heterocycles. The molecule has 0 saturated carbocycles. The summed E-state index contributed by atoms with van der Waals surface area (Å²) >= 11 is 0. The molecule has 2 nitrogen and oxygen atoms in total. The lowest BCUT2D eigenvalue weighted by Crippen LogP contribution is -2.29. The second-order valence-electron chi connectivity index (χ2n) is 21.7. The average Bonchev–Trinajstić information content (AvgIpc) is 3.56. The summed E-state index contributed by atoms with van der Waals surface area (Å²) in [5.41, 5.74) is 26.8. The fourth-order valence-electron chi connectivity index (χ4n) is 10.7. The van der Waals surface area contributed by atoms with E-state index in [9.17, 15) is 0 Å². The van der Waals surface area contributed by atoms with E-state index in [1.807, 2.05) is 0 Å². The van der Waals surface area contributed by atoms with Crippen LogP contribution in [0.2, 0.25) is 0 Å². The Kier molecular flexibility index (Phi) is 11.5. The minimum absolute atomic E-state index is 0.0327. The molecule has 8 aromatic carbocycles. The van der Waals surface area contributed by atoms with Crippen molar-refractivity contribution in [3.05, 3.63) is 236 Å². The van der Waals surface area contributed by atoms with E-state index in [0.717, 1.165) is 22.7 Å². The van der Waals surface area contributed by atoms with Crippen LogP contribution in [0.1, 0.15) is 119 Å². The highest BCUT2D eigenvalue weighted by molar-refractivity contribution is 5.93. The first-order valence-corrected chi connectivity index (χ1v) is 24.2. The van der Waals surface area contributed by atoms with Gasteiger partial charge in [0.15, 0.2) is 0 Å². The molecule has 0 N–H and O–H groups in total. The first kappa shape index (κ1) is 45.5. The fourth-order valence-corrected chi connectivity index (χ4v) is 10.7. The molecule has 0 spiro atoms. The van der Waals surface area contributed by atoms with Gasteiger partial charge in [0.2, 0.25) is 0 Å². The van der Waals surface area contributed by atoms with Crippen molar-refractivity contribution in [1.82, 2.24) is 0 Å². The zero-order valence-corrected chi connectivity index (χ0v) is 42.4. The summed E-state index contributed by atoms with van der Waals surface area (Å²) in [5, 5.41) is 0. The van der Waals surface area contributed by atoms with E-state index >= 15 is 0 Å². The number of hydrogen-bond acceptors (Lipinski definition) is 2. The van der Waals surface area contributed by atoms with Crippen LogP contribution in [0, 0.1) is 55.4 Å². The fraction of sp³-hybridized carbons (Fsp3) is 0.262. The highest BCUT2D eigenvalue weighted by Crippen LogP contribution is 2.59. The van der Waals surface area contributed by atoms with E-state index in [0.29, 0.717) is 0 Å². The van der Waals surface area contributed by atoms with Crippen LogP contribution in [0.15, 0.2) is 158 Å². The SMILES string of the molecule is Cc1ccc(N(c2ccc3c(c2)C(c2ccc(C)cc2)(c2ccc(C)cc2)c2cc(N(c4ccc(C)cc4)c4c(C)cc(C(C)(C)C)cc4C)ccc2-3)c2c(C)cc(C(C)(C)C)cc2C)cc1. The van der Waals surface area contributed by atoms with E-state index in [1.54, 1.807) is 0 Å². The van der Waals surface area contributed by atoms with E-state index in [2.05, 4.69) is 264 Å². The van der Waals surface area contributed by atoms with E-state index in [-0.39, 0.29) is 10.8 Å². The molecule has 2 heteroatoms. The Morgan fingerprint density at radius 2 is 0.582 bits per heavy atom. The molecule has 338 valence electrons. The zero-order chi connectivity index (χ0) is 47.7. The molecule has 0 saturated heterocycles. The van der Waals surface area contributed by atoms with Crippen molar-refractivity contribution in [3.8, 4) is 11.1 Å². The van der Waals surface area contributed by atoms with E-state index in [4.69, 9.17) is 0 Å². The van der Waals surface area contributed by atoms with Crippen LogP contribution in [-0.2, 0) is 16.2 Å². The third-order valence-electron chi connectivity index (χ3n) is 14.3. The number of benzene rings is 8. The second-order valence-corrected chi connectivity index (χ2v) is 21.7. The maximum atomic E-state index is 2.52. The predicted octanol–water partition coefficient (Wildman–Crippen LogP) is 18.1. The summed E-state index contributed by atoms with van der Waals surface area (Å²) in [6.07, 6.45) is 0. The van der Waals surface area contributed by atoms with Crippen LogP contribution in [0.4, 0.5) is 34.1 Å². The van der Waals surface area contributed by atoms with Crippen molar-refractivity contribution in [2.45, 2.75) is 113 Å². The lowest BCUT2D eigenvalue weighted by Gasteiger charge is -2.36. The molecule has 8 aromatic rings. The van der Waals surface area contributed by atoms with E-state index < -0.39 is 5.41 Å². The third-order valence-corrected chi connectivity index (χ3v) is 14.3.